The van der Waals surface area contributed by atoms with E-state index in [9.17, 15) is 0 Å². The molecule has 0 radical (unpaired) electrons. The lowest BCUT2D eigenvalue weighted by atomic mass is 10.0. The average Bonchev–Trinajstić information content (AvgIpc) is 2.28. The van der Waals surface area contributed by atoms with Crippen LogP contribution in [0.5, 0.6) is 0 Å². The number of hydrogen-bond acceptors (Lipinski definition) is 2. The first kappa shape index (κ1) is 12.6. The Hall–Kier alpha value is -0.860. The van der Waals surface area contributed by atoms with Crippen LogP contribution in [0.2, 0.25) is 0 Å². The monoisotopic (exact) mass is 232 g/mol. The number of likely N-dealkylation sites (tertiary alicyclic amines) is 1. The van der Waals surface area contributed by atoms with E-state index in [4.69, 9.17) is 0 Å². The Morgan fingerprint density at radius 2 is 2.00 bits per heavy atom. The zero-order valence-corrected chi connectivity index (χ0v) is 11.3. The standard InChI is InChI=1S/C15H24N2/c1-12-6-4-7-13(2)15(12)10-16-14-8-5-9-17(3)11-14/h4,6-7,14,16H,5,8-11H2,1-3H3. The van der Waals surface area contributed by atoms with Crippen molar-refractivity contribution in [3.8, 4) is 0 Å². The highest BCUT2D eigenvalue weighted by molar-refractivity contribution is 5.33. The Labute approximate surface area is 105 Å². The summed E-state index contributed by atoms with van der Waals surface area (Å²) in [6.07, 6.45) is 2.64. The van der Waals surface area contributed by atoms with Crippen molar-refractivity contribution in [1.29, 1.82) is 0 Å². The van der Waals surface area contributed by atoms with Crippen molar-refractivity contribution in [3.05, 3.63) is 34.9 Å². The van der Waals surface area contributed by atoms with E-state index in [-0.39, 0.29) is 0 Å². The lowest BCUT2D eigenvalue weighted by molar-refractivity contribution is 0.226. The summed E-state index contributed by atoms with van der Waals surface area (Å²) in [5, 5.41) is 3.71. The molecule has 0 saturated carbocycles. The highest BCUT2D eigenvalue weighted by Crippen LogP contribution is 2.14. The van der Waals surface area contributed by atoms with Gasteiger partial charge in [-0.2, -0.15) is 0 Å². The minimum atomic E-state index is 0.660. The third-order valence-electron chi connectivity index (χ3n) is 3.84. The largest absolute Gasteiger partial charge is 0.309 e. The molecule has 1 aliphatic heterocycles. The SMILES string of the molecule is Cc1cccc(C)c1CNC1CCCN(C)C1. The van der Waals surface area contributed by atoms with Crippen molar-refractivity contribution in [2.45, 2.75) is 39.3 Å². The average molecular weight is 232 g/mol. The summed E-state index contributed by atoms with van der Waals surface area (Å²) in [6.45, 7) is 7.86. The third-order valence-corrected chi connectivity index (χ3v) is 3.84. The van der Waals surface area contributed by atoms with Gasteiger partial charge in [0.05, 0.1) is 0 Å². The van der Waals surface area contributed by atoms with Crippen molar-refractivity contribution < 1.29 is 0 Å². The van der Waals surface area contributed by atoms with Gasteiger partial charge in [0.15, 0.2) is 0 Å². The van der Waals surface area contributed by atoms with Crippen molar-refractivity contribution in [2.75, 3.05) is 20.1 Å². The van der Waals surface area contributed by atoms with Gasteiger partial charge in [-0.3, -0.25) is 0 Å². The lowest BCUT2D eigenvalue weighted by Crippen LogP contribution is -2.43. The molecule has 17 heavy (non-hydrogen) atoms. The Balaban J connectivity index is 1.93. The van der Waals surface area contributed by atoms with Gasteiger partial charge in [0.2, 0.25) is 0 Å². The first-order valence-electron chi connectivity index (χ1n) is 6.64. The number of rotatable bonds is 3. The van der Waals surface area contributed by atoms with Crippen molar-refractivity contribution >= 4 is 0 Å². The molecule has 2 rings (SSSR count). The quantitative estimate of drug-likeness (QED) is 0.861. The molecule has 0 aromatic heterocycles. The maximum atomic E-state index is 3.71. The second-order valence-electron chi connectivity index (χ2n) is 5.35. The Morgan fingerprint density at radius 1 is 1.29 bits per heavy atom. The molecule has 0 spiro atoms. The van der Waals surface area contributed by atoms with E-state index in [1.165, 1.54) is 42.6 Å². The van der Waals surface area contributed by atoms with Crippen LogP contribution in [0.15, 0.2) is 18.2 Å². The minimum absolute atomic E-state index is 0.660. The highest BCUT2D eigenvalue weighted by Gasteiger charge is 2.16. The van der Waals surface area contributed by atoms with Gasteiger partial charge in [-0.1, -0.05) is 18.2 Å². The van der Waals surface area contributed by atoms with Gasteiger partial charge < -0.3 is 10.2 Å². The second kappa shape index (κ2) is 5.65. The smallest absolute Gasteiger partial charge is 0.0213 e. The van der Waals surface area contributed by atoms with E-state index in [0.29, 0.717) is 6.04 Å². The molecule has 1 aromatic rings. The topological polar surface area (TPSA) is 15.3 Å². The molecular formula is C15H24N2. The Morgan fingerprint density at radius 3 is 2.65 bits per heavy atom. The van der Waals surface area contributed by atoms with Gasteiger partial charge >= 0.3 is 0 Å². The van der Waals surface area contributed by atoms with Gasteiger partial charge in [0, 0.05) is 19.1 Å². The van der Waals surface area contributed by atoms with Crippen molar-refractivity contribution in [3.63, 3.8) is 0 Å². The minimum Gasteiger partial charge on any atom is -0.309 e. The molecule has 94 valence electrons. The van der Waals surface area contributed by atoms with Crippen LogP contribution in [-0.2, 0) is 6.54 Å². The number of likely N-dealkylation sites (N-methyl/N-ethyl adjacent to an activating group) is 1. The summed E-state index contributed by atoms with van der Waals surface area (Å²) in [7, 11) is 2.22. The summed E-state index contributed by atoms with van der Waals surface area (Å²) in [6, 6.07) is 7.21. The molecule has 1 atom stereocenters. The van der Waals surface area contributed by atoms with E-state index in [1.807, 2.05) is 0 Å². The summed E-state index contributed by atoms with van der Waals surface area (Å²) >= 11 is 0. The molecule has 0 amide bonds. The van der Waals surface area contributed by atoms with Crippen LogP contribution in [-0.4, -0.2) is 31.1 Å². The van der Waals surface area contributed by atoms with E-state index in [1.54, 1.807) is 0 Å². The number of benzene rings is 1. The van der Waals surface area contributed by atoms with Crippen LogP contribution in [0.4, 0.5) is 0 Å². The van der Waals surface area contributed by atoms with Crippen molar-refractivity contribution in [2.24, 2.45) is 0 Å². The number of nitrogens with zero attached hydrogens (tertiary/aromatic N) is 1. The van der Waals surface area contributed by atoms with Gasteiger partial charge in [0.1, 0.15) is 0 Å². The lowest BCUT2D eigenvalue weighted by Gasteiger charge is -2.30. The van der Waals surface area contributed by atoms with E-state index < -0.39 is 0 Å². The summed E-state index contributed by atoms with van der Waals surface area (Å²) < 4.78 is 0. The fourth-order valence-electron chi connectivity index (χ4n) is 2.71. The molecule has 0 bridgehead atoms. The van der Waals surface area contributed by atoms with Crippen molar-refractivity contribution in [1.82, 2.24) is 10.2 Å². The van der Waals surface area contributed by atoms with Gasteiger partial charge in [-0.25, -0.2) is 0 Å². The van der Waals surface area contributed by atoms with E-state index in [0.717, 1.165) is 6.54 Å². The van der Waals surface area contributed by atoms with Crippen LogP contribution < -0.4 is 5.32 Å². The fraction of sp³-hybridized carbons (Fsp3) is 0.600. The van der Waals surface area contributed by atoms with E-state index >= 15 is 0 Å². The summed E-state index contributed by atoms with van der Waals surface area (Å²) in [5.41, 5.74) is 4.28. The zero-order valence-electron chi connectivity index (χ0n) is 11.3. The van der Waals surface area contributed by atoms with E-state index in [2.05, 4.69) is 49.3 Å². The molecule has 2 nitrogen and oxygen atoms in total. The first-order valence-corrected chi connectivity index (χ1v) is 6.64. The predicted molar refractivity (Wildman–Crippen MR) is 73.3 cm³/mol. The third kappa shape index (κ3) is 3.30. The van der Waals surface area contributed by atoms with Gasteiger partial charge in [-0.05, 0) is 57.0 Å². The summed E-state index contributed by atoms with van der Waals surface area (Å²) in [5.74, 6) is 0. The molecule has 1 heterocycles. The molecule has 1 aliphatic rings. The molecule has 0 aliphatic carbocycles. The predicted octanol–water partition coefficient (Wildman–Crippen LogP) is 2.49. The summed E-state index contributed by atoms with van der Waals surface area (Å²) in [4.78, 5) is 2.42. The normalized spacial score (nSPS) is 21.7. The first-order chi connectivity index (χ1) is 8.16. The fourth-order valence-corrected chi connectivity index (χ4v) is 2.71. The molecule has 1 fully saturated rings. The molecule has 1 saturated heterocycles. The van der Waals surface area contributed by atoms with Crippen LogP contribution >= 0.6 is 0 Å². The maximum absolute atomic E-state index is 3.71. The number of piperidine rings is 1. The zero-order chi connectivity index (χ0) is 12.3. The second-order valence-corrected chi connectivity index (χ2v) is 5.35. The van der Waals surface area contributed by atoms with Crippen LogP contribution in [0, 0.1) is 13.8 Å². The highest BCUT2D eigenvalue weighted by atomic mass is 15.1. The number of aryl methyl sites for hydroxylation is 2. The Kier molecular flexibility index (Phi) is 4.19. The molecule has 1 aromatic carbocycles. The molecule has 2 heteroatoms. The molecule has 1 N–H and O–H groups in total. The van der Waals surface area contributed by atoms with Crippen LogP contribution in [0.1, 0.15) is 29.5 Å². The van der Waals surface area contributed by atoms with Gasteiger partial charge in [-0.15, -0.1) is 0 Å². The van der Waals surface area contributed by atoms with Crippen LogP contribution in [0.25, 0.3) is 0 Å². The Bertz CT molecular complexity index is 353. The molecular weight excluding hydrogens is 208 g/mol. The number of hydrogen-bond donors (Lipinski definition) is 1. The van der Waals surface area contributed by atoms with Gasteiger partial charge in [0.25, 0.3) is 0 Å². The maximum Gasteiger partial charge on any atom is 0.0213 e. The van der Waals surface area contributed by atoms with Crippen LogP contribution in [0.3, 0.4) is 0 Å². The number of nitrogens with one attached hydrogen (secondary N) is 1. The molecule has 1 unspecified atom stereocenters.